The van der Waals surface area contributed by atoms with Gasteiger partial charge in [-0.15, -0.1) is 5.10 Å². The van der Waals surface area contributed by atoms with Gasteiger partial charge in [0.15, 0.2) is 0 Å². The Bertz CT molecular complexity index is 478. The van der Waals surface area contributed by atoms with E-state index in [9.17, 15) is 0 Å². The number of H-pyrrole nitrogens is 1. The number of benzene rings is 1. The van der Waals surface area contributed by atoms with E-state index in [2.05, 4.69) is 51.7 Å². The van der Waals surface area contributed by atoms with Crippen LogP contribution in [0.25, 0.3) is 0 Å². The van der Waals surface area contributed by atoms with Gasteiger partial charge < -0.3 is 5.32 Å². The smallest absolute Gasteiger partial charge is 0.213 e. The average molecular weight is 262 g/mol. The second-order valence-corrected chi connectivity index (χ2v) is 5.17. The molecule has 0 unspecified atom stereocenters. The van der Waals surface area contributed by atoms with Gasteiger partial charge in [-0.05, 0) is 49.3 Å². The Kier molecular flexibility index (Phi) is 4.78. The molecule has 1 aromatic heterocycles. The van der Waals surface area contributed by atoms with E-state index in [4.69, 9.17) is 0 Å². The van der Waals surface area contributed by atoms with Crippen molar-refractivity contribution in [3.05, 3.63) is 35.7 Å². The van der Waals surface area contributed by atoms with Crippen LogP contribution in [-0.4, -0.2) is 21.7 Å². The van der Waals surface area contributed by atoms with E-state index < -0.39 is 0 Å². The quantitative estimate of drug-likeness (QED) is 0.786. The van der Waals surface area contributed by atoms with E-state index in [1.165, 1.54) is 5.56 Å². The topological polar surface area (TPSA) is 53.6 Å². The fraction of sp³-hybridized carbons (Fsp3) is 0.385. The standard InChI is InChI=1S/C13H18N4S/c1-3-8-14-9-11-4-6-12(7-5-11)18-13-15-10(2)16-17-13/h4-7,14H,3,8-9H2,1-2H3,(H,15,16,17). The molecule has 0 amide bonds. The molecule has 18 heavy (non-hydrogen) atoms. The van der Waals surface area contributed by atoms with Crippen LogP contribution < -0.4 is 5.32 Å². The molecular weight excluding hydrogens is 244 g/mol. The van der Waals surface area contributed by atoms with Crippen molar-refractivity contribution < 1.29 is 0 Å². The second-order valence-electron chi connectivity index (χ2n) is 4.13. The lowest BCUT2D eigenvalue weighted by atomic mass is 10.2. The zero-order valence-corrected chi connectivity index (χ0v) is 11.5. The van der Waals surface area contributed by atoms with Crippen molar-refractivity contribution >= 4 is 11.8 Å². The SMILES string of the molecule is CCCNCc1ccc(Sc2n[nH]c(C)n2)cc1. The first-order valence-corrected chi connectivity index (χ1v) is 6.96. The van der Waals surface area contributed by atoms with E-state index >= 15 is 0 Å². The van der Waals surface area contributed by atoms with Crippen molar-refractivity contribution in [2.24, 2.45) is 0 Å². The fourth-order valence-electron chi connectivity index (χ4n) is 1.56. The van der Waals surface area contributed by atoms with Crippen molar-refractivity contribution in [3.63, 3.8) is 0 Å². The molecule has 96 valence electrons. The molecule has 2 N–H and O–H groups in total. The van der Waals surface area contributed by atoms with E-state index in [0.29, 0.717) is 0 Å². The lowest BCUT2D eigenvalue weighted by molar-refractivity contribution is 0.675. The molecule has 0 bridgehead atoms. The predicted octanol–water partition coefficient (Wildman–Crippen LogP) is 2.76. The van der Waals surface area contributed by atoms with Crippen molar-refractivity contribution in [2.75, 3.05) is 6.54 Å². The molecule has 0 saturated heterocycles. The Hall–Kier alpha value is -1.33. The van der Waals surface area contributed by atoms with E-state index in [-0.39, 0.29) is 0 Å². The lowest BCUT2D eigenvalue weighted by Gasteiger charge is -2.04. The third-order valence-electron chi connectivity index (χ3n) is 2.47. The first-order valence-electron chi connectivity index (χ1n) is 6.14. The van der Waals surface area contributed by atoms with E-state index in [1.807, 2.05) is 6.92 Å². The zero-order valence-electron chi connectivity index (χ0n) is 10.7. The van der Waals surface area contributed by atoms with Crippen LogP contribution in [-0.2, 0) is 6.54 Å². The van der Waals surface area contributed by atoms with Crippen LogP contribution in [0.2, 0.25) is 0 Å². The number of hydrogen-bond donors (Lipinski definition) is 2. The van der Waals surface area contributed by atoms with Crippen molar-refractivity contribution in [1.82, 2.24) is 20.5 Å². The van der Waals surface area contributed by atoms with Gasteiger partial charge in [0.2, 0.25) is 5.16 Å². The lowest BCUT2D eigenvalue weighted by Crippen LogP contribution is -2.13. The third-order valence-corrected chi connectivity index (χ3v) is 3.34. The number of rotatable bonds is 6. The fourth-order valence-corrected chi connectivity index (χ4v) is 2.31. The number of aryl methyl sites for hydroxylation is 1. The molecule has 0 fully saturated rings. The molecule has 0 atom stereocenters. The van der Waals surface area contributed by atoms with Crippen LogP contribution in [0.5, 0.6) is 0 Å². The summed E-state index contributed by atoms with van der Waals surface area (Å²) in [5, 5.41) is 11.1. The molecule has 4 nitrogen and oxygen atoms in total. The van der Waals surface area contributed by atoms with Gasteiger partial charge in [0.05, 0.1) is 0 Å². The Balaban J connectivity index is 1.91. The Morgan fingerprint density at radius 3 is 2.67 bits per heavy atom. The number of nitrogens with zero attached hydrogens (tertiary/aromatic N) is 2. The summed E-state index contributed by atoms with van der Waals surface area (Å²) in [6.45, 7) is 6.07. The molecule has 0 aliphatic heterocycles. The maximum atomic E-state index is 4.27. The Labute approximate surface area is 112 Å². The summed E-state index contributed by atoms with van der Waals surface area (Å²) in [5.41, 5.74) is 1.30. The largest absolute Gasteiger partial charge is 0.313 e. The summed E-state index contributed by atoms with van der Waals surface area (Å²) in [6.07, 6.45) is 1.16. The van der Waals surface area contributed by atoms with Crippen molar-refractivity contribution in [1.29, 1.82) is 0 Å². The summed E-state index contributed by atoms with van der Waals surface area (Å²) < 4.78 is 0. The summed E-state index contributed by atoms with van der Waals surface area (Å²) in [7, 11) is 0. The van der Waals surface area contributed by atoms with Crippen LogP contribution in [0.4, 0.5) is 0 Å². The average Bonchev–Trinajstić information content (AvgIpc) is 2.77. The summed E-state index contributed by atoms with van der Waals surface area (Å²) >= 11 is 1.57. The number of nitrogens with one attached hydrogen (secondary N) is 2. The molecule has 2 aromatic rings. The van der Waals surface area contributed by atoms with E-state index in [1.54, 1.807) is 11.8 Å². The third kappa shape index (κ3) is 3.85. The monoisotopic (exact) mass is 262 g/mol. The second kappa shape index (κ2) is 6.56. The van der Waals surface area contributed by atoms with Crippen LogP contribution in [0.15, 0.2) is 34.3 Å². The predicted molar refractivity (Wildman–Crippen MR) is 73.7 cm³/mol. The molecule has 1 aromatic carbocycles. The molecule has 1 heterocycles. The van der Waals surface area contributed by atoms with Gasteiger partial charge in [-0.1, -0.05) is 19.1 Å². The first kappa shape index (κ1) is 13.1. The van der Waals surface area contributed by atoms with Gasteiger partial charge in [0.25, 0.3) is 0 Å². The molecule has 0 aliphatic rings. The van der Waals surface area contributed by atoms with Gasteiger partial charge in [-0.3, -0.25) is 5.10 Å². The van der Waals surface area contributed by atoms with Crippen LogP contribution in [0.3, 0.4) is 0 Å². The highest BCUT2D eigenvalue weighted by atomic mass is 32.2. The molecule has 0 aliphatic carbocycles. The minimum atomic E-state index is 0.768. The van der Waals surface area contributed by atoms with Gasteiger partial charge in [0, 0.05) is 11.4 Å². The Morgan fingerprint density at radius 2 is 2.06 bits per heavy atom. The van der Waals surface area contributed by atoms with Crippen molar-refractivity contribution in [2.45, 2.75) is 36.9 Å². The first-order chi connectivity index (χ1) is 8.78. The number of aromatic amines is 1. The summed E-state index contributed by atoms with van der Waals surface area (Å²) in [4.78, 5) is 5.43. The highest BCUT2D eigenvalue weighted by Crippen LogP contribution is 2.24. The van der Waals surface area contributed by atoms with Crippen molar-refractivity contribution in [3.8, 4) is 0 Å². The van der Waals surface area contributed by atoms with Crippen LogP contribution in [0.1, 0.15) is 24.7 Å². The highest BCUT2D eigenvalue weighted by molar-refractivity contribution is 7.99. The summed E-state index contributed by atoms with van der Waals surface area (Å²) in [6, 6.07) is 8.51. The molecule has 0 radical (unpaired) electrons. The highest BCUT2D eigenvalue weighted by Gasteiger charge is 2.02. The van der Waals surface area contributed by atoms with Gasteiger partial charge in [-0.2, -0.15) is 0 Å². The van der Waals surface area contributed by atoms with Crippen LogP contribution >= 0.6 is 11.8 Å². The maximum absolute atomic E-state index is 4.27. The van der Waals surface area contributed by atoms with E-state index in [0.717, 1.165) is 35.4 Å². The molecule has 0 spiro atoms. The zero-order chi connectivity index (χ0) is 12.8. The molecule has 0 saturated carbocycles. The molecule has 5 heteroatoms. The normalized spacial score (nSPS) is 10.8. The minimum absolute atomic E-state index is 0.768. The van der Waals surface area contributed by atoms with Crippen LogP contribution in [0, 0.1) is 6.92 Å². The Morgan fingerprint density at radius 1 is 1.28 bits per heavy atom. The van der Waals surface area contributed by atoms with Gasteiger partial charge in [0.1, 0.15) is 5.82 Å². The molecule has 2 rings (SSSR count). The number of hydrogen-bond acceptors (Lipinski definition) is 4. The number of aromatic nitrogens is 3. The van der Waals surface area contributed by atoms with Gasteiger partial charge in [-0.25, -0.2) is 4.98 Å². The summed E-state index contributed by atoms with van der Waals surface area (Å²) in [5.74, 6) is 0.845. The van der Waals surface area contributed by atoms with Gasteiger partial charge >= 0.3 is 0 Å². The molecular formula is C13H18N4S. The minimum Gasteiger partial charge on any atom is -0.313 e. The maximum Gasteiger partial charge on any atom is 0.213 e.